The minimum absolute atomic E-state index is 0. The van der Waals surface area contributed by atoms with E-state index in [0.29, 0.717) is 24.3 Å². The van der Waals surface area contributed by atoms with Crippen LogP contribution in [0, 0.1) is 0 Å². The summed E-state index contributed by atoms with van der Waals surface area (Å²) in [6, 6.07) is 0.988. The molecule has 0 heterocycles. The van der Waals surface area contributed by atoms with Gasteiger partial charge in [0.15, 0.2) is 0 Å². The van der Waals surface area contributed by atoms with Gasteiger partial charge in [0.2, 0.25) is 0 Å². The molecule has 2 aromatic carbocycles. The van der Waals surface area contributed by atoms with Gasteiger partial charge in [-0.3, -0.25) is 0 Å². The fourth-order valence-corrected chi connectivity index (χ4v) is 3.62. The third kappa shape index (κ3) is 8.24. The van der Waals surface area contributed by atoms with Crippen molar-refractivity contribution in [1.29, 1.82) is 0 Å². The summed E-state index contributed by atoms with van der Waals surface area (Å²) >= 11 is 0.0560. The van der Waals surface area contributed by atoms with Crippen LogP contribution >= 0.6 is 23.9 Å². The predicted molar refractivity (Wildman–Crippen MR) is 88.0 cm³/mol. The summed E-state index contributed by atoms with van der Waals surface area (Å²) in [4.78, 5) is -1.34. The third-order valence-corrected chi connectivity index (χ3v) is 4.90. The first-order chi connectivity index (χ1) is 13.9. The molecular weight excluding hydrogens is 521 g/mol. The molecule has 1 nitrogen and oxygen atoms in total. The molecule has 0 unspecified atom stereocenters. The summed E-state index contributed by atoms with van der Waals surface area (Å²) in [7, 11) is 0. The normalized spacial score (nSPS) is 13.1. The predicted octanol–water partition coefficient (Wildman–Crippen LogP) is 5.85. The van der Waals surface area contributed by atoms with Crippen LogP contribution in [0.2, 0.25) is 0 Å². The van der Waals surface area contributed by atoms with E-state index in [1.807, 2.05) is 0 Å². The van der Waals surface area contributed by atoms with Crippen molar-refractivity contribution in [3.63, 3.8) is 0 Å². The Kier molecular flexibility index (Phi) is 9.39. The van der Waals surface area contributed by atoms with Crippen molar-refractivity contribution in [3.05, 3.63) is 62.8 Å². The molecule has 0 aliphatic heterocycles. The van der Waals surface area contributed by atoms with Gasteiger partial charge in [-0.05, 0) is 46.2 Å². The molecule has 0 bridgehead atoms. The van der Waals surface area contributed by atoms with Crippen LogP contribution in [0.3, 0.4) is 0 Å². The topological polar surface area (TPSA) is 14.1 Å². The molecule has 0 saturated heterocycles. The van der Waals surface area contributed by atoms with Gasteiger partial charge in [0.25, 0.3) is 0 Å². The van der Waals surface area contributed by atoms with E-state index in [9.17, 15) is 52.7 Å². The third-order valence-electron chi connectivity index (χ3n) is 3.41. The summed E-state index contributed by atoms with van der Waals surface area (Å²) in [5.41, 5.74) is -6.60. The molecule has 2 aromatic rings. The van der Waals surface area contributed by atoms with Gasteiger partial charge in [-0.15, -0.1) is 0 Å². The van der Waals surface area contributed by atoms with Crippen molar-refractivity contribution in [2.75, 3.05) is 0 Å². The second kappa shape index (κ2) is 10.3. The Labute approximate surface area is 202 Å². The van der Waals surface area contributed by atoms with Crippen molar-refractivity contribution >= 4 is 23.9 Å². The Balaban J connectivity index is 0.00000512. The standard InChI is InChI=1S/C16H6F12NS2.Na/c17-13(18,19)7-1-8(14(20,21)22)4-11(3-7)30-29-31-12-5-9(15(23,24)25)2-10(6-12)16(26,27)28;/h1-6H;/q-1;+1. The van der Waals surface area contributed by atoms with Crippen LogP contribution in [-0.2, 0) is 24.7 Å². The van der Waals surface area contributed by atoms with Crippen LogP contribution in [0.1, 0.15) is 22.3 Å². The molecular formula is C16H6F12NNaS2. The van der Waals surface area contributed by atoms with Crippen molar-refractivity contribution < 1.29 is 82.2 Å². The van der Waals surface area contributed by atoms with Gasteiger partial charge in [0.05, 0.1) is 22.3 Å². The second-order valence-electron chi connectivity index (χ2n) is 5.74. The molecule has 0 spiro atoms. The van der Waals surface area contributed by atoms with Crippen LogP contribution in [0.4, 0.5) is 52.7 Å². The number of benzene rings is 2. The van der Waals surface area contributed by atoms with E-state index in [1.165, 1.54) is 0 Å². The van der Waals surface area contributed by atoms with Crippen LogP contribution < -0.4 is 29.6 Å². The Morgan fingerprint density at radius 2 is 0.656 bits per heavy atom. The Morgan fingerprint density at radius 1 is 0.438 bits per heavy atom. The van der Waals surface area contributed by atoms with E-state index in [2.05, 4.69) is 4.13 Å². The number of alkyl halides is 12. The largest absolute Gasteiger partial charge is 1.00 e. The molecule has 0 radical (unpaired) electrons. The maximum Gasteiger partial charge on any atom is 1.00 e. The zero-order valence-corrected chi connectivity index (χ0v) is 18.9. The molecule has 0 aromatic heterocycles. The molecule has 0 N–H and O–H groups in total. The van der Waals surface area contributed by atoms with E-state index in [-0.39, 0.29) is 65.6 Å². The van der Waals surface area contributed by atoms with Gasteiger partial charge in [-0.2, -0.15) is 52.7 Å². The van der Waals surface area contributed by atoms with Gasteiger partial charge in [-0.25, -0.2) is 23.9 Å². The Morgan fingerprint density at radius 3 is 0.844 bits per heavy atom. The number of nitrogens with zero attached hydrogens (tertiary/aromatic N) is 1. The monoisotopic (exact) mass is 527 g/mol. The summed E-state index contributed by atoms with van der Waals surface area (Å²) in [6.07, 6.45) is -20.5. The molecule has 0 aliphatic rings. The van der Waals surface area contributed by atoms with Crippen LogP contribution in [-0.4, -0.2) is 0 Å². The van der Waals surface area contributed by atoms with Crippen molar-refractivity contribution in [2.24, 2.45) is 0 Å². The SMILES string of the molecule is FC(F)(F)c1cc(S[N-]Sc2cc(C(F)(F)F)cc(C(F)(F)F)c2)cc(C(F)(F)F)c1.[Na+]. The number of halogens is 12. The van der Waals surface area contributed by atoms with Crippen LogP contribution in [0.15, 0.2) is 46.2 Å². The summed E-state index contributed by atoms with van der Waals surface area (Å²) in [5.74, 6) is 0. The molecule has 0 atom stereocenters. The molecule has 0 saturated carbocycles. The van der Waals surface area contributed by atoms with Gasteiger partial charge in [0.1, 0.15) is 0 Å². The molecule has 172 valence electrons. The summed E-state index contributed by atoms with van der Waals surface area (Å²) in [5, 5.41) is 0. The Hall–Kier alpha value is -0.740. The maximum atomic E-state index is 12.8. The molecule has 2 rings (SSSR count). The van der Waals surface area contributed by atoms with E-state index in [0.717, 1.165) is 0 Å². The smallest absolute Gasteiger partial charge is 0.542 e. The molecule has 32 heavy (non-hydrogen) atoms. The first-order valence-corrected chi connectivity index (χ1v) is 9.05. The van der Waals surface area contributed by atoms with Crippen molar-refractivity contribution in [3.8, 4) is 0 Å². The molecule has 0 aliphatic carbocycles. The van der Waals surface area contributed by atoms with E-state index < -0.39 is 56.7 Å². The fraction of sp³-hybridized carbons (Fsp3) is 0.250. The molecule has 0 amide bonds. The number of hydrogen-bond acceptors (Lipinski definition) is 2. The maximum absolute atomic E-state index is 12.8. The molecule has 16 heteroatoms. The number of hydrogen-bond donors (Lipinski definition) is 0. The summed E-state index contributed by atoms with van der Waals surface area (Å²) in [6.45, 7) is 0. The summed E-state index contributed by atoms with van der Waals surface area (Å²) < 4.78 is 157. The van der Waals surface area contributed by atoms with Gasteiger partial charge < -0.3 is 4.13 Å². The van der Waals surface area contributed by atoms with E-state index >= 15 is 0 Å². The van der Waals surface area contributed by atoms with E-state index in [4.69, 9.17) is 0 Å². The quantitative estimate of drug-likeness (QED) is 0.281. The first kappa shape index (κ1) is 29.3. The zero-order valence-electron chi connectivity index (χ0n) is 15.3. The van der Waals surface area contributed by atoms with Crippen molar-refractivity contribution in [2.45, 2.75) is 34.5 Å². The van der Waals surface area contributed by atoms with Gasteiger partial charge >= 0.3 is 54.3 Å². The van der Waals surface area contributed by atoms with Crippen molar-refractivity contribution in [1.82, 2.24) is 0 Å². The van der Waals surface area contributed by atoms with Gasteiger partial charge in [0, 0.05) is 0 Å². The fourth-order valence-electron chi connectivity index (χ4n) is 2.06. The Bertz CT molecular complexity index is 795. The average Bonchev–Trinajstić information content (AvgIpc) is 2.58. The minimum atomic E-state index is -5.13. The van der Waals surface area contributed by atoms with Crippen LogP contribution in [0.5, 0.6) is 0 Å². The molecule has 0 fully saturated rings. The number of rotatable bonds is 4. The van der Waals surface area contributed by atoms with Gasteiger partial charge in [-0.1, -0.05) is 0 Å². The zero-order chi connectivity index (χ0) is 23.8. The van der Waals surface area contributed by atoms with E-state index in [1.54, 1.807) is 0 Å². The second-order valence-corrected chi connectivity index (χ2v) is 7.64. The average molecular weight is 527 g/mol. The minimum Gasteiger partial charge on any atom is -0.542 e. The first-order valence-electron chi connectivity index (χ1n) is 7.51. The van der Waals surface area contributed by atoms with Crippen LogP contribution in [0.25, 0.3) is 4.13 Å².